The third kappa shape index (κ3) is 5.36. The zero-order chi connectivity index (χ0) is 20.1. The molecule has 0 atom stereocenters. The topological polar surface area (TPSA) is 66.8 Å². The van der Waals surface area contributed by atoms with Crippen molar-refractivity contribution in [2.24, 2.45) is 0 Å². The van der Waals surface area contributed by atoms with Gasteiger partial charge in [-0.2, -0.15) is 0 Å². The summed E-state index contributed by atoms with van der Waals surface area (Å²) in [5.41, 5.74) is 2.76. The van der Waals surface area contributed by atoms with Gasteiger partial charge in [-0.05, 0) is 79.7 Å². The Bertz CT molecular complexity index is 964. The lowest BCUT2D eigenvalue weighted by Gasteiger charge is -2.13. The maximum absolute atomic E-state index is 10.8. The number of halogens is 2. The summed E-state index contributed by atoms with van der Waals surface area (Å²) in [6, 6.07) is 18.8. The van der Waals surface area contributed by atoms with E-state index in [0.717, 1.165) is 25.6 Å². The van der Waals surface area contributed by atoms with Gasteiger partial charge in [-0.15, -0.1) is 0 Å². The molecule has 4 nitrogen and oxygen atoms in total. The number of aromatic hydroxyl groups is 1. The fraction of sp³-hybridized carbons (Fsp3) is 0.136. The lowest BCUT2D eigenvalue weighted by molar-refractivity contribution is -0.136. The molecule has 3 rings (SSSR count). The molecule has 0 bridgehead atoms. The highest BCUT2D eigenvalue weighted by atomic mass is 79.9. The molecule has 0 saturated heterocycles. The number of benzene rings is 3. The summed E-state index contributed by atoms with van der Waals surface area (Å²) in [5, 5.41) is 19.0. The molecule has 0 spiro atoms. The van der Waals surface area contributed by atoms with Crippen LogP contribution in [0.25, 0.3) is 0 Å². The molecule has 0 heterocycles. The molecular formula is C22H18Br2O4. The number of ether oxygens (including phenoxy) is 1. The lowest BCUT2D eigenvalue weighted by Crippen LogP contribution is -1.98. The van der Waals surface area contributed by atoms with Crippen molar-refractivity contribution in [2.75, 3.05) is 0 Å². The molecule has 0 aromatic heterocycles. The molecular weight excluding hydrogens is 488 g/mol. The molecule has 3 aromatic carbocycles. The van der Waals surface area contributed by atoms with Crippen molar-refractivity contribution in [2.45, 2.75) is 19.3 Å². The van der Waals surface area contributed by atoms with Crippen LogP contribution in [0.3, 0.4) is 0 Å². The Hall–Kier alpha value is -2.31. The second kappa shape index (κ2) is 9.26. The van der Waals surface area contributed by atoms with Crippen LogP contribution in [0.1, 0.15) is 23.1 Å². The van der Waals surface area contributed by atoms with E-state index in [1.165, 1.54) is 0 Å². The maximum Gasteiger partial charge on any atom is 0.303 e. The van der Waals surface area contributed by atoms with Gasteiger partial charge in [0.2, 0.25) is 0 Å². The third-order valence-corrected chi connectivity index (χ3v) is 5.37. The Morgan fingerprint density at radius 2 is 1.61 bits per heavy atom. The second-order valence-electron chi connectivity index (χ2n) is 6.34. The number of carboxylic acid groups (broad SMARTS) is 1. The molecule has 0 fully saturated rings. The van der Waals surface area contributed by atoms with Gasteiger partial charge in [0.15, 0.2) is 5.75 Å². The molecule has 0 aliphatic carbocycles. The van der Waals surface area contributed by atoms with E-state index in [9.17, 15) is 9.90 Å². The van der Waals surface area contributed by atoms with Crippen molar-refractivity contribution in [3.8, 4) is 17.2 Å². The summed E-state index contributed by atoms with van der Waals surface area (Å²) < 4.78 is 7.48. The normalized spacial score (nSPS) is 10.6. The van der Waals surface area contributed by atoms with Crippen LogP contribution >= 0.6 is 31.9 Å². The zero-order valence-electron chi connectivity index (χ0n) is 14.9. The van der Waals surface area contributed by atoms with Gasteiger partial charge in [-0.25, -0.2) is 0 Å². The van der Waals surface area contributed by atoms with Crippen molar-refractivity contribution in [1.82, 2.24) is 0 Å². The van der Waals surface area contributed by atoms with E-state index < -0.39 is 5.97 Å². The summed E-state index contributed by atoms with van der Waals surface area (Å²) in [4.78, 5) is 10.8. The minimum absolute atomic E-state index is 0.0693. The minimum atomic E-state index is -0.831. The number of phenols is 1. The van der Waals surface area contributed by atoms with Crippen molar-refractivity contribution in [3.05, 3.63) is 86.3 Å². The number of hydrogen-bond acceptors (Lipinski definition) is 3. The highest BCUT2D eigenvalue weighted by molar-refractivity contribution is 9.11. The van der Waals surface area contributed by atoms with E-state index >= 15 is 0 Å². The Morgan fingerprint density at radius 1 is 0.929 bits per heavy atom. The fourth-order valence-corrected chi connectivity index (χ4v) is 4.25. The van der Waals surface area contributed by atoms with Crippen LogP contribution in [0.2, 0.25) is 0 Å². The van der Waals surface area contributed by atoms with Crippen LogP contribution in [-0.4, -0.2) is 16.2 Å². The molecule has 144 valence electrons. The SMILES string of the molecule is O=C(O)CCc1cc(Br)c(Oc2ccc(O)c(Cc3ccccc3)c2)c(Br)c1. The third-order valence-electron chi connectivity index (χ3n) is 4.19. The molecule has 6 heteroatoms. The largest absolute Gasteiger partial charge is 0.508 e. The standard InChI is InChI=1S/C22H18Br2O4/c23-18-11-15(6-9-21(26)27)12-19(24)22(18)28-17-7-8-20(25)16(13-17)10-14-4-2-1-3-5-14/h1-5,7-8,11-13,25H,6,9-10H2,(H,26,27). The van der Waals surface area contributed by atoms with Gasteiger partial charge in [0.1, 0.15) is 11.5 Å². The van der Waals surface area contributed by atoms with Crippen LogP contribution in [0.4, 0.5) is 0 Å². The monoisotopic (exact) mass is 504 g/mol. The quantitative estimate of drug-likeness (QED) is 0.394. The van der Waals surface area contributed by atoms with E-state index in [1.807, 2.05) is 48.5 Å². The van der Waals surface area contributed by atoms with Gasteiger partial charge >= 0.3 is 5.97 Å². The number of hydrogen-bond donors (Lipinski definition) is 2. The first-order chi connectivity index (χ1) is 13.4. The predicted molar refractivity (Wildman–Crippen MR) is 115 cm³/mol. The van der Waals surface area contributed by atoms with Gasteiger partial charge < -0.3 is 14.9 Å². The van der Waals surface area contributed by atoms with E-state index in [4.69, 9.17) is 9.84 Å². The van der Waals surface area contributed by atoms with Crippen LogP contribution < -0.4 is 4.74 Å². The maximum atomic E-state index is 10.8. The van der Waals surface area contributed by atoms with Crippen LogP contribution in [-0.2, 0) is 17.6 Å². The summed E-state index contributed by atoms with van der Waals surface area (Å²) in [6.45, 7) is 0. The summed E-state index contributed by atoms with van der Waals surface area (Å²) in [5.74, 6) is 0.583. The highest BCUT2D eigenvalue weighted by Gasteiger charge is 2.13. The van der Waals surface area contributed by atoms with Crippen LogP contribution in [0.15, 0.2) is 69.6 Å². The van der Waals surface area contributed by atoms with E-state index in [0.29, 0.717) is 24.3 Å². The first-order valence-electron chi connectivity index (χ1n) is 8.66. The Balaban J connectivity index is 1.81. The summed E-state index contributed by atoms with van der Waals surface area (Å²) in [6.07, 6.45) is 1.10. The van der Waals surface area contributed by atoms with E-state index in [2.05, 4.69) is 31.9 Å². The van der Waals surface area contributed by atoms with Crippen molar-refractivity contribution >= 4 is 37.8 Å². The van der Waals surface area contributed by atoms with Crippen molar-refractivity contribution < 1.29 is 19.7 Å². The number of carbonyl (C=O) groups is 1. The molecule has 0 aliphatic heterocycles. The molecule has 0 aliphatic rings. The molecule has 28 heavy (non-hydrogen) atoms. The first-order valence-corrected chi connectivity index (χ1v) is 10.2. The number of rotatable bonds is 7. The minimum Gasteiger partial charge on any atom is -0.508 e. The number of aliphatic carboxylic acids is 1. The van der Waals surface area contributed by atoms with E-state index in [-0.39, 0.29) is 12.2 Å². The first kappa shape index (κ1) is 20.4. The van der Waals surface area contributed by atoms with Gasteiger partial charge in [-0.3, -0.25) is 4.79 Å². The molecule has 0 unspecified atom stereocenters. The molecule has 2 N–H and O–H groups in total. The fourth-order valence-electron chi connectivity index (χ4n) is 2.81. The van der Waals surface area contributed by atoms with Gasteiger partial charge in [0, 0.05) is 18.4 Å². The van der Waals surface area contributed by atoms with E-state index in [1.54, 1.807) is 12.1 Å². The van der Waals surface area contributed by atoms with Crippen LogP contribution in [0, 0.1) is 0 Å². The number of phenolic OH excluding ortho intramolecular Hbond substituents is 1. The molecule has 0 amide bonds. The lowest BCUT2D eigenvalue weighted by atomic mass is 10.0. The Kier molecular flexibility index (Phi) is 6.75. The zero-order valence-corrected chi connectivity index (χ0v) is 18.0. The molecule has 0 radical (unpaired) electrons. The Labute approximate surface area is 180 Å². The highest BCUT2D eigenvalue weighted by Crippen LogP contribution is 2.39. The summed E-state index contributed by atoms with van der Waals surface area (Å²) in [7, 11) is 0. The predicted octanol–water partition coefficient (Wildman–Crippen LogP) is 6.32. The molecule has 3 aromatic rings. The average molecular weight is 506 g/mol. The summed E-state index contributed by atoms with van der Waals surface area (Å²) >= 11 is 6.99. The number of carboxylic acids is 1. The second-order valence-corrected chi connectivity index (χ2v) is 8.05. The smallest absolute Gasteiger partial charge is 0.303 e. The van der Waals surface area contributed by atoms with Gasteiger partial charge in [-0.1, -0.05) is 30.3 Å². The van der Waals surface area contributed by atoms with Gasteiger partial charge in [0.05, 0.1) is 8.95 Å². The van der Waals surface area contributed by atoms with Gasteiger partial charge in [0.25, 0.3) is 0 Å². The Morgan fingerprint density at radius 3 is 2.25 bits per heavy atom. The molecule has 0 saturated carbocycles. The number of aryl methyl sites for hydroxylation is 1. The van der Waals surface area contributed by atoms with Crippen molar-refractivity contribution in [3.63, 3.8) is 0 Å². The van der Waals surface area contributed by atoms with Crippen LogP contribution in [0.5, 0.6) is 17.2 Å². The average Bonchev–Trinajstić information content (AvgIpc) is 2.66. The van der Waals surface area contributed by atoms with Crippen molar-refractivity contribution in [1.29, 1.82) is 0 Å².